The molecule has 0 unspecified atom stereocenters. The normalized spacial score (nSPS) is 13.5. The molecule has 1 aliphatic rings. The summed E-state index contributed by atoms with van der Waals surface area (Å²) >= 11 is 0. The molecule has 11 aromatic rings. The van der Waals surface area contributed by atoms with E-state index >= 15 is 0 Å². The molecule has 0 amide bonds. The zero-order chi connectivity index (χ0) is 39.3. The van der Waals surface area contributed by atoms with Gasteiger partial charge >= 0.3 is 21.1 Å². The molecule has 0 spiro atoms. The summed E-state index contributed by atoms with van der Waals surface area (Å²) in [6.45, 7) is 4.63. The van der Waals surface area contributed by atoms with Gasteiger partial charge in [-0.25, -0.2) is 4.98 Å². The first-order valence-electron chi connectivity index (χ1n) is 20.1. The minimum Gasteiger partial charge on any atom is -0.456 e. The average Bonchev–Trinajstić information content (AvgIpc) is 3.94. The summed E-state index contributed by atoms with van der Waals surface area (Å²) in [6, 6.07) is 67.1. The number of furan rings is 1. The minimum absolute atomic E-state index is 0. The van der Waals surface area contributed by atoms with Crippen molar-refractivity contribution in [3.63, 3.8) is 0 Å². The number of hydrogen-bond acceptors (Lipinski definition) is 4. The number of aromatic nitrogens is 3. The van der Waals surface area contributed by atoms with Gasteiger partial charge in [-0.2, -0.15) is 23.4 Å². The molecule has 0 aliphatic carbocycles. The smallest absolute Gasteiger partial charge is 0.456 e. The Morgan fingerprint density at radius 3 is 2.02 bits per heavy atom. The van der Waals surface area contributed by atoms with Gasteiger partial charge in [-0.1, -0.05) is 128 Å². The van der Waals surface area contributed by atoms with Crippen LogP contribution in [0.3, 0.4) is 0 Å². The van der Waals surface area contributed by atoms with Crippen LogP contribution < -0.4 is 25.6 Å². The number of anilines is 3. The van der Waals surface area contributed by atoms with Gasteiger partial charge in [-0.15, -0.1) is 34.3 Å². The predicted molar refractivity (Wildman–Crippen MR) is 243 cm³/mol. The molecule has 5 heterocycles. The largest absolute Gasteiger partial charge is 2.00 e. The molecule has 0 N–H and O–H groups in total. The molecule has 12 rings (SSSR count). The first-order chi connectivity index (χ1) is 29.0. The first kappa shape index (κ1) is 36.5. The Morgan fingerprint density at radius 2 is 1.25 bits per heavy atom. The van der Waals surface area contributed by atoms with Crippen molar-refractivity contribution in [3.8, 4) is 0 Å². The maximum Gasteiger partial charge on any atom is 2.00 e. The molecule has 7 aromatic carbocycles. The number of fused-ring (bicyclic) bond motifs is 12. The Bertz CT molecular complexity index is 3400. The Hall–Kier alpha value is -6.59. The minimum atomic E-state index is -3.16. The van der Waals surface area contributed by atoms with E-state index in [1.807, 2.05) is 24.5 Å². The summed E-state index contributed by atoms with van der Waals surface area (Å²) in [5, 5.41) is 10.3. The molecule has 1 aliphatic heterocycles. The molecule has 0 saturated carbocycles. The zero-order valence-electron chi connectivity index (χ0n) is 32.8. The number of hydrogen-bond donors (Lipinski definition) is 0. The summed E-state index contributed by atoms with van der Waals surface area (Å²) in [5.74, 6) is 0.826. The van der Waals surface area contributed by atoms with Gasteiger partial charge in [-0.3, -0.25) is 4.98 Å². The Balaban J connectivity index is 0.00000408. The topological polar surface area (TPSA) is 46.6 Å². The zero-order valence-corrected chi connectivity index (χ0v) is 36.1. The number of imidazole rings is 1. The number of nitrogens with zero attached hydrogens (tertiary/aromatic N) is 4. The van der Waals surface area contributed by atoms with Crippen molar-refractivity contribution >= 4 is 95.3 Å². The van der Waals surface area contributed by atoms with E-state index < -0.39 is 13.5 Å². The molecule has 0 fully saturated rings. The van der Waals surface area contributed by atoms with Crippen LogP contribution in [0.4, 0.5) is 17.2 Å². The van der Waals surface area contributed by atoms with Crippen LogP contribution in [0.2, 0.25) is 0 Å². The van der Waals surface area contributed by atoms with Crippen LogP contribution in [-0.2, 0) is 26.5 Å². The number of pyridine rings is 2. The predicted octanol–water partition coefficient (Wildman–Crippen LogP) is 10.0. The van der Waals surface area contributed by atoms with Crippen LogP contribution in [-0.4, -0.2) is 22.4 Å². The molecule has 0 atom stereocenters. The van der Waals surface area contributed by atoms with Crippen LogP contribution in [0, 0.1) is 12.1 Å². The summed E-state index contributed by atoms with van der Waals surface area (Å²) in [5.41, 5.74) is 7.70. The van der Waals surface area contributed by atoms with E-state index in [-0.39, 0.29) is 21.1 Å². The fourth-order valence-electron chi connectivity index (χ4n) is 9.95. The SMILES string of the molecule is CC1(C)c2ccc([Si](c3[c-]c4c(cc3)c3ccccc3n3ccnc43)(c3ccccc3)c3ccccc3)[c-]c2N(c2ccccn2)c2ccc3c(oc4ccccc43)c21.[Pt+2]. The molecule has 4 aromatic heterocycles. The second-order valence-corrected chi connectivity index (χ2v) is 19.7. The molecular formula is C53H36N4OPtSi. The third-order valence-electron chi connectivity index (χ3n) is 12.6. The summed E-state index contributed by atoms with van der Waals surface area (Å²) in [4.78, 5) is 12.2. The quantitative estimate of drug-likeness (QED) is 0.0747. The van der Waals surface area contributed by atoms with Gasteiger partial charge in [0.05, 0.1) is 11.3 Å². The monoisotopic (exact) mass is 967 g/mol. The molecule has 0 saturated heterocycles. The molecule has 0 radical (unpaired) electrons. The van der Waals surface area contributed by atoms with Crippen molar-refractivity contribution in [3.05, 3.63) is 206 Å². The maximum absolute atomic E-state index is 6.76. The summed E-state index contributed by atoms with van der Waals surface area (Å²) in [6.07, 6.45) is 5.82. The van der Waals surface area contributed by atoms with Gasteiger partial charge in [0.2, 0.25) is 0 Å². The maximum atomic E-state index is 6.76. The van der Waals surface area contributed by atoms with Crippen LogP contribution >= 0.6 is 0 Å². The Labute approximate surface area is 362 Å². The van der Waals surface area contributed by atoms with Crippen LogP contribution in [0.25, 0.3) is 49.3 Å². The van der Waals surface area contributed by atoms with E-state index in [4.69, 9.17) is 14.4 Å². The molecule has 288 valence electrons. The van der Waals surface area contributed by atoms with Crippen molar-refractivity contribution in [1.29, 1.82) is 0 Å². The third kappa shape index (κ3) is 5.08. The van der Waals surface area contributed by atoms with Crippen molar-refractivity contribution in [1.82, 2.24) is 14.4 Å². The third-order valence-corrected chi connectivity index (χ3v) is 17.2. The first-order valence-corrected chi connectivity index (χ1v) is 22.1. The van der Waals surface area contributed by atoms with Gasteiger partial charge in [0.15, 0.2) is 0 Å². The van der Waals surface area contributed by atoms with E-state index in [0.29, 0.717) is 0 Å². The van der Waals surface area contributed by atoms with Gasteiger partial charge in [-0.05, 0) is 57.6 Å². The van der Waals surface area contributed by atoms with Crippen molar-refractivity contribution < 1.29 is 25.5 Å². The van der Waals surface area contributed by atoms with E-state index in [2.05, 4.69) is 193 Å². The number of para-hydroxylation sites is 2. The average molecular weight is 968 g/mol. The second kappa shape index (κ2) is 13.7. The van der Waals surface area contributed by atoms with Crippen molar-refractivity contribution in [2.75, 3.05) is 4.90 Å². The van der Waals surface area contributed by atoms with E-state index in [0.717, 1.165) is 82.6 Å². The molecule has 5 nitrogen and oxygen atoms in total. The van der Waals surface area contributed by atoms with Crippen LogP contribution in [0.5, 0.6) is 0 Å². The number of rotatable bonds is 5. The van der Waals surface area contributed by atoms with Gasteiger partial charge in [0.25, 0.3) is 0 Å². The Kier molecular flexibility index (Phi) is 8.35. The van der Waals surface area contributed by atoms with E-state index in [1.165, 1.54) is 15.8 Å². The van der Waals surface area contributed by atoms with Gasteiger partial charge in [0, 0.05) is 40.4 Å². The van der Waals surface area contributed by atoms with Crippen LogP contribution in [0.1, 0.15) is 25.0 Å². The summed E-state index contributed by atoms with van der Waals surface area (Å²) < 4.78 is 8.96. The van der Waals surface area contributed by atoms with Crippen molar-refractivity contribution in [2.24, 2.45) is 0 Å². The standard InChI is InChI=1S/C53H36N4OSi.Pt/c1-53(2)44-28-25-38(34-47(44)57(49-23-13-14-30-54-49)46-29-27-42-41-20-10-12-22-48(41)58-51(42)50(46)53)59(35-15-5-3-6-16-35,36-17-7-4-8-18-36)37-24-26-39-40-19-9-11-21-45(40)56-32-31-55-52(56)43(39)33-37;/h3-32H,1-2H3;/q-2;+2. The van der Waals surface area contributed by atoms with Crippen LogP contribution in [0.15, 0.2) is 187 Å². The van der Waals surface area contributed by atoms with Gasteiger partial charge in [0.1, 0.15) is 25.1 Å². The van der Waals surface area contributed by atoms with E-state index in [1.54, 1.807) is 0 Å². The van der Waals surface area contributed by atoms with E-state index in [9.17, 15) is 0 Å². The second-order valence-electron chi connectivity index (χ2n) is 16.0. The molecule has 7 heteroatoms. The van der Waals surface area contributed by atoms with Crippen molar-refractivity contribution in [2.45, 2.75) is 19.3 Å². The number of benzene rings is 7. The fraction of sp³-hybridized carbons (Fsp3) is 0.0566. The fourth-order valence-corrected chi connectivity index (χ4v) is 14.5. The summed E-state index contributed by atoms with van der Waals surface area (Å²) in [7, 11) is -3.16. The molecular weight excluding hydrogens is 932 g/mol. The Morgan fingerprint density at radius 1 is 0.583 bits per heavy atom. The van der Waals surface area contributed by atoms with Gasteiger partial charge < -0.3 is 13.7 Å². The molecule has 60 heavy (non-hydrogen) atoms. The molecule has 0 bridgehead atoms.